The van der Waals surface area contributed by atoms with E-state index in [-0.39, 0.29) is 10.7 Å². The zero-order valence-electron chi connectivity index (χ0n) is 7.88. The molecule has 1 fully saturated rings. The van der Waals surface area contributed by atoms with Crippen LogP contribution in [0.4, 0.5) is 0 Å². The highest BCUT2D eigenvalue weighted by atomic mass is 35.5. The molecule has 1 aliphatic rings. The Labute approximate surface area is 92.0 Å². The molecule has 0 bridgehead atoms. The van der Waals surface area contributed by atoms with E-state index in [2.05, 4.69) is 4.40 Å². The molecule has 0 aromatic carbocycles. The molecule has 0 amide bonds. The number of halogens is 2. The first-order valence-corrected chi connectivity index (χ1v) is 5.94. The summed E-state index contributed by atoms with van der Waals surface area (Å²) in [6.07, 6.45) is 2.32. The summed E-state index contributed by atoms with van der Waals surface area (Å²) in [6, 6.07) is 0. The molecule has 0 aromatic rings. The Kier molecular flexibility index (Phi) is 3.23. The Morgan fingerprint density at radius 2 is 2.00 bits per heavy atom. The van der Waals surface area contributed by atoms with Crippen LogP contribution in [-0.4, -0.2) is 19.8 Å². The lowest BCUT2D eigenvalue weighted by atomic mass is 10.3. The van der Waals surface area contributed by atoms with Crippen LogP contribution in [0.5, 0.6) is 0 Å². The van der Waals surface area contributed by atoms with Gasteiger partial charge in [-0.25, -0.2) is 0 Å². The van der Waals surface area contributed by atoms with Crippen LogP contribution in [0.25, 0.3) is 0 Å². The standard InChI is InChI=1S/C8H13Cl2NOS/c1-7(2,3)13(12)11-5-6-4-8(6,9)10/h5-6H,4H2,1-3H3/b11-5+. The summed E-state index contributed by atoms with van der Waals surface area (Å²) in [4.78, 5) is 0. The molecule has 1 rings (SSSR count). The van der Waals surface area contributed by atoms with Gasteiger partial charge in [-0.1, -0.05) is 4.40 Å². The van der Waals surface area contributed by atoms with Gasteiger partial charge in [-0.15, -0.1) is 23.2 Å². The molecule has 0 aromatic heterocycles. The van der Waals surface area contributed by atoms with Crippen LogP contribution in [0.15, 0.2) is 4.40 Å². The highest BCUT2D eigenvalue weighted by Gasteiger charge is 2.51. The Morgan fingerprint density at radius 3 is 2.31 bits per heavy atom. The van der Waals surface area contributed by atoms with Crippen molar-refractivity contribution in [2.45, 2.75) is 36.3 Å². The maximum atomic E-state index is 11.4. The molecular weight excluding hydrogens is 229 g/mol. The number of nitrogens with zero attached hydrogens (tertiary/aromatic N) is 1. The van der Waals surface area contributed by atoms with Crippen LogP contribution < -0.4 is 0 Å². The predicted molar refractivity (Wildman–Crippen MR) is 58.9 cm³/mol. The molecule has 5 heteroatoms. The van der Waals surface area contributed by atoms with Gasteiger partial charge in [-0.3, -0.25) is 0 Å². The summed E-state index contributed by atoms with van der Waals surface area (Å²) >= 11 is 10.4. The first-order chi connectivity index (χ1) is 5.73. The summed E-state index contributed by atoms with van der Waals surface area (Å²) in [5, 5.41) is 0. The van der Waals surface area contributed by atoms with Gasteiger partial charge in [0.15, 0.2) is 0 Å². The minimum Gasteiger partial charge on any atom is -0.591 e. The number of hydrogen-bond donors (Lipinski definition) is 0. The van der Waals surface area contributed by atoms with Crippen molar-refractivity contribution in [3.8, 4) is 0 Å². The zero-order valence-corrected chi connectivity index (χ0v) is 10.2. The van der Waals surface area contributed by atoms with Gasteiger partial charge in [0.1, 0.15) is 20.4 Å². The van der Waals surface area contributed by atoms with Crippen molar-refractivity contribution in [1.82, 2.24) is 0 Å². The maximum Gasteiger partial charge on any atom is 0.144 e. The summed E-state index contributed by atoms with van der Waals surface area (Å²) < 4.78 is 14.4. The largest absolute Gasteiger partial charge is 0.591 e. The molecule has 1 saturated carbocycles. The van der Waals surface area contributed by atoms with Crippen molar-refractivity contribution in [2.24, 2.45) is 10.3 Å². The van der Waals surface area contributed by atoms with Gasteiger partial charge in [-0.2, -0.15) is 0 Å². The third-order valence-electron chi connectivity index (χ3n) is 1.73. The molecule has 1 aliphatic carbocycles. The van der Waals surface area contributed by atoms with Gasteiger partial charge in [0.05, 0.1) is 6.21 Å². The average Bonchev–Trinajstić information content (AvgIpc) is 2.52. The van der Waals surface area contributed by atoms with Crippen molar-refractivity contribution in [3.05, 3.63) is 0 Å². The third kappa shape index (κ3) is 3.31. The number of hydrogen-bond acceptors (Lipinski definition) is 2. The van der Waals surface area contributed by atoms with Crippen molar-refractivity contribution < 1.29 is 4.55 Å². The topological polar surface area (TPSA) is 35.4 Å². The Morgan fingerprint density at radius 1 is 1.54 bits per heavy atom. The van der Waals surface area contributed by atoms with Gasteiger partial charge in [0.25, 0.3) is 0 Å². The summed E-state index contributed by atoms with van der Waals surface area (Å²) in [5.41, 5.74) is 0. The second kappa shape index (κ2) is 3.61. The fourth-order valence-electron chi connectivity index (χ4n) is 0.683. The fraction of sp³-hybridized carbons (Fsp3) is 0.875. The quantitative estimate of drug-likeness (QED) is 0.416. The fourth-order valence-corrected chi connectivity index (χ4v) is 1.70. The van der Waals surface area contributed by atoms with E-state index in [1.807, 2.05) is 20.8 Å². The van der Waals surface area contributed by atoms with Gasteiger partial charge in [0, 0.05) is 5.92 Å². The first-order valence-electron chi connectivity index (χ1n) is 4.07. The van der Waals surface area contributed by atoms with E-state index in [0.29, 0.717) is 6.42 Å². The lowest BCUT2D eigenvalue weighted by molar-refractivity contribution is 0.561. The van der Waals surface area contributed by atoms with Crippen LogP contribution >= 0.6 is 23.2 Å². The van der Waals surface area contributed by atoms with E-state index < -0.39 is 15.7 Å². The van der Waals surface area contributed by atoms with Crippen LogP contribution in [0.1, 0.15) is 27.2 Å². The average molecular weight is 242 g/mol. The Hall–Kier alpha value is 0.560. The highest BCUT2D eigenvalue weighted by molar-refractivity contribution is 7.91. The molecule has 76 valence electrons. The molecule has 0 N–H and O–H groups in total. The molecule has 0 heterocycles. The van der Waals surface area contributed by atoms with Crippen LogP contribution in [0, 0.1) is 5.92 Å². The minimum absolute atomic E-state index is 0.0714. The second-order valence-electron chi connectivity index (χ2n) is 4.19. The van der Waals surface area contributed by atoms with Gasteiger partial charge < -0.3 is 4.55 Å². The highest BCUT2D eigenvalue weighted by Crippen LogP contribution is 2.52. The van der Waals surface area contributed by atoms with E-state index in [9.17, 15) is 4.55 Å². The second-order valence-corrected chi connectivity index (χ2v) is 7.66. The molecule has 0 spiro atoms. The summed E-state index contributed by atoms with van der Waals surface area (Å²) in [6.45, 7) is 5.63. The van der Waals surface area contributed by atoms with Crippen LogP contribution in [0.2, 0.25) is 0 Å². The zero-order chi connectivity index (χ0) is 10.3. The van der Waals surface area contributed by atoms with E-state index in [0.717, 1.165) is 0 Å². The molecule has 0 radical (unpaired) electrons. The van der Waals surface area contributed by atoms with Gasteiger partial charge in [-0.05, 0) is 27.2 Å². The Bertz CT molecular complexity index is 225. The van der Waals surface area contributed by atoms with E-state index in [4.69, 9.17) is 23.2 Å². The summed E-state index contributed by atoms with van der Waals surface area (Å²) in [7, 11) is 0. The number of alkyl halides is 2. The van der Waals surface area contributed by atoms with E-state index in [1.54, 1.807) is 6.21 Å². The van der Waals surface area contributed by atoms with Gasteiger partial charge >= 0.3 is 0 Å². The molecule has 2 unspecified atom stereocenters. The molecule has 0 aliphatic heterocycles. The molecular formula is C8H13Cl2NOS. The number of rotatable bonds is 2. The normalized spacial score (nSPS) is 29.2. The first kappa shape index (κ1) is 11.6. The van der Waals surface area contributed by atoms with Crippen molar-refractivity contribution >= 4 is 40.8 Å². The van der Waals surface area contributed by atoms with Crippen molar-refractivity contribution in [3.63, 3.8) is 0 Å². The molecule has 2 atom stereocenters. The molecule has 2 nitrogen and oxygen atoms in total. The van der Waals surface area contributed by atoms with E-state index in [1.165, 1.54) is 0 Å². The maximum absolute atomic E-state index is 11.4. The molecule has 13 heavy (non-hydrogen) atoms. The third-order valence-corrected chi connectivity index (χ3v) is 3.96. The van der Waals surface area contributed by atoms with Crippen molar-refractivity contribution in [2.75, 3.05) is 0 Å². The van der Waals surface area contributed by atoms with Gasteiger partial charge in [0.2, 0.25) is 0 Å². The predicted octanol–water partition coefficient (Wildman–Crippen LogP) is 2.71. The molecule has 0 saturated heterocycles. The van der Waals surface area contributed by atoms with Crippen molar-refractivity contribution in [1.29, 1.82) is 0 Å². The van der Waals surface area contributed by atoms with Crippen LogP contribution in [0.3, 0.4) is 0 Å². The monoisotopic (exact) mass is 241 g/mol. The lowest BCUT2D eigenvalue weighted by Gasteiger charge is -2.17. The summed E-state index contributed by atoms with van der Waals surface area (Å²) in [5.74, 6) is 0.0714. The lowest BCUT2D eigenvalue weighted by Crippen LogP contribution is -2.26. The van der Waals surface area contributed by atoms with Crippen LogP contribution in [-0.2, 0) is 11.4 Å². The minimum atomic E-state index is -1.20. The smallest absolute Gasteiger partial charge is 0.144 e. The SMILES string of the molecule is CC(C)(C)[S+]([O-])/N=C/C1CC1(Cl)Cl. The Balaban J connectivity index is 2.42. The van der Waals surface area contributed by atoms with E-state index >= 15 is 0 Å².